The standard InChI is InChI=1S/C31H29N3O5/c1-21-12-14-23(15-13-21)20-34-28(30(36)32-19-26-11-6-16-38-26)29(39-31(34)37)24-9-5-10-25(18-24)33-27(35)17-22-7-3-2-4-8-22/h2-16,18,28-29H,17,19-20H2,1H3,(H,32,36)(H,33,35)/t28-,29+/m1/s1. The van der Waals surface area contributed by atoms with Gasteiger partial charge < -0.3 is 19.8 Å². The number of benzene rings is 3. The minimum Gasteiger partial charge on any atom is -0.467 e. The summed E-state index contributed by atoms with van der Waals surface area (Å²) >= 11 is 0. The molecule has 1 aliphatic rings. The first-order chi connectivity index (χ1) is 19.0. The van der Waals surface area contributed by atoms with Gasteiger partial charge in [0.1, 0.15) is 5.76 Å². The van der Waals surface area contributed by atoms with Crippen molar-refractivity contribution in [3.8, 4) is 0 Å². The number of cyclic esters (lactones) is 1. The Labute approximate surface area is 226 Å². The van der Waals surface area contributed by atoms with Crippen LogP contribution in [-0.4, -0.2) is 28.8 Å². The van der Waals surface area contributed by atoms with Gasteiger partial charge in [0.25, 0.3) is 0 Å². The zero-order valence-corrected chi connectivity index (χ0v) is 21.5. The lowest BCUT2D eigenvalue weighted by Gasteiger charge is -2.24. The molecule has 5 rings (SSSR count). The third kappa shape index (κ3) is 6.35. The number of furan rings is 1. The number of carbonyl (C=O) groups excluding carboxylic acids is 3. The van der Waals surface area contributed by atoms with Gasteiger partial charge in [-0.3, -0.25) is 14.5 Å². The number of carbonyl (C=O) groups is 3. The largest absolute Gasteiger partial charge is 0.467 e. The van der Waals surface area contributed by atoms with Crippen molar-refractivity contribution in [3.63, 3.8) is 0 Å². The summed E-state index contributed by atoms with van der Waals surface area (Å²) in [6.45, 7) is 2.37. The molecular formula is C31H29N3O5. The fourth-order valence-electron chi connectivity index (χ4n) is 4.57. The topological polar surface area (TPSA) is 101 Å². The van der Waals surface area contributed by atoms with Gasteiger partial charge in [0.2, 0.25) is 11.8 Å². The molecule has 1 saturated heterocycles. The highest BCUT2D eigenvalue weighted by atomic mass is 16.6. The molecule has 0 saturated carbocycles. The van der Waals surface area contributed by atoms with Gasteiger partial charge in [-0.25, -0.2) is 4.79 Å². The van der Waals surface area contributed by atoms with Gasteiger partial charge in [-0.15, -0.1) is 0 Å². The molecule has 1 aliphatic heterocycles. The molecule has 8 nitrogen and oxygen atoms in total. The maximum absolute atomic E-state index is 13.5. The molecule has 0 radical (unpaired) electrons. The summed E-state index contributed by atoms with van der Waals surface area (Å²) in [6.07, 6.45) is 0.308. The van der Waals surface area contributed by atoms with Crippen molar-refractivity contribution >= 4 is 23.6 Å². The molecule has 0 aliphatic carbocycles. The average molecular weight is 524 g/mol. The third-order valence-corrected chi connectivity index (χ3v) is 6.55. The van der Waals surface area contributed by atoms with E-state index in [0.29, 0.717) is 17.0 Å². The van der Waals surface area contributed by atoms with E-state index in [1.54, 1.807) is 36.4 Å². The number of nitrogens with zero attached hydrogens (tertiary/aromatic N) is 1. The van der Waals surface area contributed by atoms with Gasteiger partial charge in [0, 0.05) is 5.69 Å². The van der Waals surface area contributed by atoms with Crippen LogP contribution in [0.25, 0.3) is 0 Å². The van der Waals surface area contributed by atoms with E-state index >= 15 is 0 Å². The van der Waals surface area contributed by atoms with Crippen molar-refractivity contribution in [3.05, 3.63) is 125 Å². The van der Waals surface area contributed by atoms with Crippen LogP contribution >= 0.6 is 0 Å². The monoisotopic (exact) mass is 523 g/mol. The summed E-state index contributed by atoms with van der Waals surface area (Å²) in [5.41, 5.74) is 4.03. The second kappa shape index (κ2) is 11.7. The van der Waals surface area contributed by atoms with Gasteiger partial charge in [-0.1, -0.05) is 72.3 Å². The van der Waals surface area contributed by atoms with Crippen molar-refractivity contribution < 1.29 is 23.5 Å². The molecule has 4 aromatic rings. The summed E-state index contributed by atoms with van der Waals surface area (Å²) in [5.74, 6) is 0.0572. The smallest absolute Gasteiger partial charge is 0.411 e. The number of anilines is 1. The molecule has 3 aromatic carbocycles. The molecule has 3 amide bonds. The van der Waals surface area contributed by atoms with Crippen molar-refractivity contribution in [2.45, 2.75) is 38.6 Å². The molecule has 2 atom stereocenters. The highest BCUT2D eigenvalue weighted by Gasteiger charge is 2.47. The fraction of sp³-hybridized carbons (Fsp3) is 0.194. The first-order valence-corrected chi connectivity index (χ1v) is 12.7. The normalized spacial score (nSPS) is 16.5. The molecule has 1 aromatic heterocycles. The molecular weight excluding hydrogens is 494 g/mol. The van der Waals surface area contributed by atoms with Crippen LogP contribution in [0.5, 0.6) is 0 Å². The summed E-state index contributed by atoms with van der Waals surface area (Å²) in [7, 11) is 0. The molecule has 0 unspecified atom stereocenters. The Kier molecular flexibility index (Phi) is 7.73. The second-order valence-corrected chi connectivity index (χ2v) is 9.50. The Balaban J connectivity index is 1.37. The lowest BCUT2D eigenvalue weighted by atomic mass is 10.00. The SMILES string of the molecule is Cc1ccc(CN2C(=O)O[C@@H](c3cccc(NC(=O)Cc4ccccc4)c3)[C@@H]2C(=O)NCc2ccco2)cc1. The molecule has 8 heteroatoms. The molecule has 39 heavy (non-hydrogen) atoms. The van der Waals surface area contributed by atoms with Crippen LogP contribution in [-0.2, 0) is 33.8 Å². The highest BCUT2D eigenvalue weighted by molar-refractivity contribution is 5.92. The molecule has 2 heterocycles. The van der Waals surface area contributed by atoms with Crippen molar-refractivity contribution in [1.29, 1.82) is 0 Å². The van der Waals surface area contributed by atoms with Crippen LogP contribution in [0.2, 0.25) is 0 Å². The number of nitrogens with one attached hydrogen (secondary N) is 2. The van der Waals surface area contributed by atoms with Gasteiger partial charge >= 0.3 is 6.09 Å². The summed E-state index contributed by atoms with van der Waals surface area (Å²) in [5, 5.41) is 5.77. The number of ether oxygens (including phenoxy) is 1. The van der Waals surface area contributed by atoms with E-state index in [1.807, 2.05) is 61.5 Å². The molecule has 0 spiro atoms. The molecule has 2 N–H and O–H groups in total. The van der Waals surface area contributed by atoms with E-state index in [1.165, 1.54) is 11.2 Å². The first kappa shape index (κ1) is 25.8. The van der Waals surface area contributed by atoms with E-state index in [-0.39, 0.29) is 31.3 Å². The van der Waals surface area contributed by atoms with Crippen LogP contribution in [0.1, 0.15) is 34.1 Å². The average Bonchev–Trinajstić information content (AvgIpc) is 3.57. The minimum atomic E-state index is -0.927. The molecule has 198 valence electrons. The van der Waals surface area contributed by atoms with E-state index in [2.05, 4.69) is 10.6 Å². The summed E-state index contributed by atoms with van der Waals surface area (Å²) < 4.78 is 11.1. The Bertz CT molecular complexity index is 1430. The summed E-state index contributed by atoms with van der Waals surface area (Å²) in [4.78, 5) is 40.6. The first-order valence-electron chi connectivity index (χ1n) is 12.7. The van der Waals surface area contributed by atoms with Gasteiger partial charge in [0.15, 0.2) is 12.1 Å². The predicted molar refractivity (Wildman–Crippen MR) is 146 cm³/mol. The minimum absolute atomic E-state index is 0.171. The highest BCUT2D eigenvalue weighted by Crippen LogP contribution is 2.35. The third-order valence-electron chi connectivity index (χ3n) is 6.55. The number of hydrogen-bond acceptors (Lipinski definition) is 5. The zero-order valence-electron chi connectivity index (χ0n) is 21.5. The van der Waals surface area contributed by atoms with Crippen LogP contribution in [0, 0.1) is 6.92 Å². The van der Waals surface area contributed by atoms with E-state index in [9.17, 15) is 14.4 Å². The van der Waals surface area contributed by atoms with Crippen LogP contribution in [0.4, 0.5) is 10.5 Å². The Morgan fingerprint density at radius 1 is 0.897 bits per heavy atom. The zero-order chi connectivity index (χ0) is 27.2. The Morgan fingerprint density at radius 2 is 1.69 bits per heavy atom. The number of aryl methyl sites for hydroxylation is 1. The Morgan fingerprint density at radius 3 is 2.44 bits per heavy atom. The Hall–Kier alpha value is -4.85. The predicted octanol–water partition coefficient (Wildman–Crippen LogP) is 5.15. The number of rotatable bonds is 9. The lowest BCUT2D eigenvalue weighted by molar-refractivity contribution is -0.126. The maximum Gasteiger partial charge on any atom is 0.411 e. The molecule has 1 fully saturated rings. The van der Waals surface area contributed by atoms with Crippen LogP contribution in [0.3, 0.4) is 0 Å². The second-order valence-electron chi connectivity index (χ2n) is 9.50. The molecule has 0 bridgehead atoms. The van der Waals surface area contributed by atoms with E-state index in [0.717, 1.165) is 16.7 Å². The summed E-state index contributed by atoms with van der Waals surface area (Å²) in [6, 6.07) is 26.9. The quantitative estimate of drug-likeness (QED) is 0.316. The lowest BCUT2D eigenvalue weighted by Crippen LogP contribution is -2.46. The van der Waals surface area contributed by atoms with Crippen molar-refractivity contribution in [2.24, 2.45) is 0 Å². The van der Waals surface area contributed by atoms with Crippen LogP contribution < -0.4 is 10.6 Å². The van der Waals surface area contributed by atoms with Gasteiger partial charge in [-0.05, 0) is 47.9 Å². The fourth-order valence-corrected chi connectivity index (χ4v) is 4.57. The maximum atomic E-state index is 13.5. The van der Waals surface area contributed by atoms with E-state index < -0.39 is 18.2 Å². The van der Waals surface area contributed by atoms with Gasteiger partial charge in [-0.2, -0.15) is 0 Å². The van der Waals surface area contributed by atoms with Crippen LogP contribution in [0.15, 0.2) is 102 Å². The number of amides is 3. The van der Waals surface area contributed by atoms with Gasteiger partial charge in [0.05, 0.1) is 25.8 Å². The number of hydrogen-bond donors (Lipinski definition) is 2. The van der Waals surface area contributed by atoms with Crippen molar-refractivity contribution in [2.75, 3.05) is 5.32 Å². The van der Waals surface area contributed by atoms with E-state index in [4.69, 9.17) is 9.15 Å². The van der Waals surface area contributed by atoms with Crippen molar-refractivity contribution in [1.82, 2.24) is 10.2 Å².